The Morgan fingerprint density at radius 1 is 1.14 bits per heavy atom. The monoisotopic (exact) mass is 394 g/mol. The molecule has 0 aliphatic carbocycles. The summed E-state index contributed by atoms with van der Waals surface area (Å²) in [4.78, 5) is 23.2. The van der Waals surface area contributed by atoms with Crippen LogP contribution in [0.15, 0.2) is 42.5 Å². The topological polar surface area (TPSA) is 99.3 Å². The molecule has 3 rings (SSSR count). The molecule has 0 saturated carbocycles. The van der Waals surface area contributed by atoms with Crippen molar-refractivity contribution in [3.63, 3.8) is 0 Å². The van der Waals surface area contributed by atoms with Crippen LogP contribution in [0.3, 0.4) is 0 Å². The number of benzene rings is 2. The van der Waals surface area contributed by atoms with Gasteiger partial charge in [-0.05, 0) is 51.0 Å². The number of carbonyl (C=O) groups excluding carboxylic acids is 1. The number of amides is 1. The fourth-order valence-corrected chi connectivity index (χ4v) is 2.94. The smallest absolute Gasteiger partial charge is 0.275 e. The summed E-state index contributed by atoms with van der Waals surface area (Å²) in [5.41, 5.74) is 3.69. The van der Waals surface area contributed by atoms with Crippen molar-refractivity contribution >= 4 is 17.3 Å². The van der Waals surface area contributed by atoms with Gasteiger partial charge in [0, 0.05) is 17.8 Å². The van der Waals surface area contributed by atoms with Crippen LogP contribution in [0.1, 0.15) is 22.5 Å². The summed E-state index contributed by atoms with van der Waals surface area (Å²) in [6.07, 6.45) is 0. The summed E-state index contributed by atoms with van der Waals surface area (Å²) < 4.78 is 7.45. The highest BCUT2D eigenvalue weighted by Gasteiger charge is 2.15. The lowest BCUT2D eigenvalue weighted by Gasteiger charge is -2.12. The normalized spacial score (nSPS) is 10.6. The summed E-state index contributed by atoms with van der Waals surface area (Å²) in [5, 5.41) is 18.3. The molecule has 8 nitrogen and oxygen atoms in total. The first-order valence-corrected chi connectivity index (χ1v) is 9.07. The molecular weight excluding hydrogens is 372 g/mol. The Bertz CT molecular complexity index is 1090. The summed E-state index contributed by atoms with van der Waals surface area (Å²) in [6.45, 7) is 7.54. The Morgan fingerprint density at radius 3 is 2.55 bits per heavy atom. The lowest BCUT2D eigenvalue weighted by atomic mass is 10.1. The zero-order chi connectivity index (χ0) is 21.1. The minimum atomic E-state index is -0.521. The van der Waals surface area contributed by atoms with E-state index in [0.717, 1.165) is 22.5 Å². The van der Waals surface area contributed by atoms with Gasteiger partial charge in [-0.1, -0.05) is 12.1 Å². The van der Waals surface area contributed by atoms with Crippen molar-refractivity contribution in [1.29, 1.82) is 0 Å². The molecular formula is C21H22N4O4. The molecule has 0 aliphatic heterocycles. The minimum absolute atomic E-state index is 0.00947. The van der Waals surface area contributed by atoms with E-state index in [-0.39, 0.29) is 29.6 Å². The number of nitro groups is 1. The van der Waals surface area contributed by atoms with E-state index in [0.29, 0.717) is 5.75 Å². The van der Waals surface area contributed by atoms with E-state index in [1.807, 2.05) is 52.0 Å². The van der Waals surface area contributed by atoms with Crippen LogP contribution in [0.5, 0.6) is 11.5 Å². The number of anilines is 1. The van der Waals surface area contributed by atoms with E-state index in [9.17, 15) is 14.9 Å². The number of carbonyl (C=O) groups is 1. The van der Waals surface area contributed by atoms with E-state index in [2.05, 4.69) is 10.4 Å². The van der Waals surface area contributed by atoms with Gasteiger partial charge in [0.2, 0.25) is 5.91 Å². The average Bonchev–Trinajstić information content (AvgIpc) is 2.94. The molecule has 1 heterocycles. The number of nitrogens with zero attached hydrogens (tertiary/aromatic N) is 3. The van der Waals surface area contributed by atoms with Gasteiger partial charge in [-0.15, -0.1) is 0 Å². The highest BCUT2D eigenvalue weighted by atomic mass is 16.6. The predicted octanol–water partition coefficient (Wildman–Crippen LogP) is 4.46. The van der Waals surface area contributed by atoms with Crippen LogP contribution < -0.4 is 10.1 Å². The number of aryl methyl sites for hydroxylation is 4. The number of rotatable bonds is 6. The van der Waals surface area contributed by atoms with E-state index in [4.69, 9.17) is 4.74 Å². The number of hydrogen-bond acceptors (Lipinski definition) is 5. The molecule has 29 heavy (non-hydrogen) atoms. The first kappa shape index (κ1) is 20.1. The van der Waals surface area contributed by atoms with Crippen LogP contribution in [0.2, 0.25) is 0 Å². The number of nitro benzene ring substituents is 1. The molecule has 0 unspecified atom stereocenters. The van der Waals surface area contributed by atoms with Crippen molar-refractivity contribution in [3.05, 3.63) is 75.1 Å². The molecule has 0 radical (unpaired) electrons. The van der Waals surface area contributed by atoms with Gasteiger partial charge < -0.3 is 10.1 Å². The van der Waals surface area contributed by atoms with Gasteiger partial charge in [0.1, 0.15) is 18.0 Å². The van der Waals surface area contributed by atoms with Crippen molar-refractivity contribution in [2.75, 3.05) is 5.32 Å². The Morgan fingerprint density at radius 2 is 1.90 bits per heavy atom. The molecule has 3 aromatic rings. The molecule has 8 heteroatoms. The fraction of sp³-hybridized carbons (Fsp3) is 0.238. The summed E-state index contributed by atoms with van der Waals surface area (Å²) in [6, 6.07) is 11.8. The van der Waals surface area contributed by atoms with Gasteiger partial charge in [-0.3, -0.25) is 19.6 Å². The number of hydrogen-bond donors (Lipinski definition) is 1. The van der Waals surface area contributed by atoms with E-state index >= 15 is 0 Å². The van der Waals surface area contributed by atoms with Crippen LogP contribution in [-0.2, 0) is 11.3 Å². The van der Waals surface area contributed by atoms with Crippen molar-refractivity contribution in [1.82, 2.24) is 9.78 Å². The van der Waals surface area contributed by atoms with Gasteiger partial charge >= 0.3 is 0 Å². The molecule has 2 aromatic carbocycles. The second-order valence-electron chi connectivity index (χ2n) is 6.98. The third kappa shape index (κ3) is 4.98. The molecule has 0 fully saturated rings. The number of nitrogens with one attached hydrogen (secondary N) is 1. The third-order valence-electron chi connectivity index (χ3n) is 4.35. The molecule has 150 valence electrons. The second-order valence-corrected chi connectivity index (χ2v) is 6.98. The van der Waals surface area contributed by atoms with Crippen LogP contribution in [0.25, 0.3) is 0 Å². The Kier molecular flexibility index (Phi) is 5.63. The zero-order valence-corrected chi connectivity index (χ0v) is 16.7. The highest BCUT2D eigenvalue weighted by molar-refractivity contribution is 5.91. The van der Waals surface area contributed by atoms with Crippen LogP contribution >= 0.6 is 0 Å². The largest absolute Gasteiger partial charge is 0.457 e. The number of non-ortho nitro benzene ring substituents is 1. The Balaban J connectivity index is 1.84. The molecule has 0 aliphatic rings. The van der Waals surface area contributed by atoms with Gasteiger partial charge in [-0.25, -0.2) is 0 Å². The number of aromatic nitrogens is 2. The molecule has 1 aromatic heterocycles. The molecule has 0 bridgehead atoms. The second kappa shape index (κ2) is 8.14. The molecule has 0 atom stereocenters. The van der Waals surface area contributed by atoms with Crippen LogP contribution in [0, 0.1) is 37.8 Å². The van der Waals surface area contributed by atoms with Crippen molar-refractivity contribution in [3.8, 4) is 11.5 Å². The predicted molar refractivity (Wildman–Crippen MR) is 109 cm³/mol. The molecule has 0 saturated heterocycles. The van der Waals surface area contributed by atoms with E-state index in [1.165, 1.54) is 12.1 Å². The quantitative estimate of drug-likeness (QED) is 0.492. The lowest BCUT2D eigenvalue weighted by Crippen LogP contribution is -2.20. The van der Waals surface area contributed by atoms with Crippen LogP contribution in [-0.4, -0.2) is 20.6 Å². The highest BCUT2D eigenvalue weighted by Crippen LogP contribution is 2.31. The number of ether oxygens (including phenoxy) is 1. The van der Waals surface area contributed by atoms with Gasteiger partial charge in [0.15, 0.2) is 0 Å². The minimum Gasteiger partial charge on any atom is -0.457 e. The third-order valence-corrected chi connectivity index (χ3v) is 4.35. The van der Waals surface area contributed by atoms with Gasteiger partial charge in [-0.2, -0.15) is 5.10 Å². The SMILES string of the molecule is Cc1ccc(C)c(Oc2cc(NC(=O)Cn3nc(C)cc3C)cc([N+](=O)[O-])c2)c1. The van der Waals surface area contributed by atoms with E-state index < -0.39 is 4.92 Å². The summed E-state index contributed by atoms with van der Waals surface area (Å²) in [7, 11) is 0. The fourth-order valence-electron chi connectivity index (χ4n) is 2.94. The van der Waals surface area contributed by atoms with Gasteiger partial charge in [0.25, 0.3) is 5.69 Å². The van der Waals surface area contributed by atoms with Crippen molar-refractivity contribution < 1.29 is 14.5 Å². The van der Waals surface area contributed by atoms with Crippen LogP contribution in [0.4, 0.5) is 11.4 Å². The standard InChI is InChI=1S/C21H22N4O4/c1-13-5-6-14(2)20(7-13)29-19-10-17(9-18(11-19)25(27)28)22-21(26)12-24-16(4)8-15(3)23-24/h5-11H,12H2,1-4H3,(H,22,26). The van der Waals surface area contributed by atoms with E-state index in [1.54, 1.807) is 10.7 Å². The summed E-state index contributed by atoms with van der Waals surface area (Å²) >= 11 is 0. The first-order valence-electron chi connectivity index (χ1n) is 9.07. The molecule has 1 amide bonds. The summed E-state index contributed by atoms with van der Waals surface area (Å²) in [5.74, 6) is 0.536. The van der Waals surface area contributed by atoms with Gasteiger partial charge in [0.05, 0.1) is 22.4 Å². The average molecular weight is 394 g/mol. The van der Waals surface area contributed by atoms with Crippen molar-refractivity contribution in [2.45, 2.75) is 34.2 Å². The maximum absolute atomic E-state index is 12.4. The maximum Gasteiger partial charge on any atom is 0.275 e. The van der Waals surface area contributed by atoms with Crippen molar-refractivity contribution in [2.24, 2.45) is 0 Å². The first-order chi connectivity index (χ1) is 13.7. The maximum atomic E-state index is 12.4. The Hall–Kier alpha value is -3.68. The Labute approximate surface area is 168 Å². The molecule has 0 spiro atoms. The zero-order valence-electron chi connectivity index (χ0n) is 16.7. The lowest BCUT2D eigenvalue weighted by molar-refractivity contribution is -0.384. The molecule has 1 N–H and O–H groups in total.